The average Bonchev–Trinajstić information content (AvgIpc) is 3.18. The van der Waals surface area contributed by atoms with Crippen LogP contribution in [0.1, 0.15) is 48.8 Å². The molecule has 2 heteroatoms. The van der Waals surface area contributed by atoms with Crippen molar-refractivity contribution in [3.05, 3.63) is 35.4 Å². The first-order chi connectivity index (χ1) is 7.88. The van der Waals surface area contributed by atoms with Gasteiger partial charge in [-0.15, -0.1) is 0 Å². The molecule has 0 bridgehead atoms. The molecule has 0 aliphatic heterocycles. The maximum Gasteiger partial charge on any atom is 0.0449 e. The van der Waals surface area contributed by atoms with Crippen LogP contribution in [0.5, 0.6) is 0 Å². The summed E-state index contributed by atoms with van der Waals surface area (Å²) in [5.74, 6) is 0.811. The van der Waals surface area contributed by atoms with Gasteiger partial charge in [0, 0.05) is 18.6 Å². The monoisotopic (exact) mass is 216 g/mol. The number of rotatable bonds is 5. The van der Waals surface area contributed by atoms with E-state index in [-0.39, 0.29) is 0 Å². The fourth-order valence-corrected chi connectivity index (χ4v) is 2.41. The Morgan fingerprint density at radius 2 is 1.94 bits per heavy atom. The van der Waals surface area contributed by atoms with E-state index in [1.807, 2.05) is 0 Å². The van der Waals surface area contributed by atoms with Crippen molar-refractivity contribution < 1.29 is 0 Å². The van der Waals surface area contributed by atoms with Crippen LogP contribution in [0.2, 0.25) is 0 Å². The second-order valence-electron chi connectivity index (χ2n) is 5.13. The lowest BCUT2D eigenvalue weighted by Gasteiger charge is -2.20. The molecule has 3 rings (SSSR count). The number of benzene rings is 1. The van der Waals surface area contributed by atoms with Gasteiger partial charge in [-0.3, -0.25) is 0 Å². The lowest BCUT2D eigenvalue weighted by atomic mass is 9.97. The summed E-state index contributed by atoms with van der Waals surface area (Å²) in [6.45, 7) is 0.709. The molecule has 0 radical (unpaired) electrons. The summed E-state index contributed by atoms with van der Waals surface area (Å²) in [6, 6.07) is 9.91. The molecule has 0 saturated heterocycles. The van der Waals surface area contributed by atoms with E-state index in [9.17, 15) is 0 Å². The van der Waals surface area contributed by atoms with Crippen LogP contribution in [0.25, 0.3) is 0 Å². The Kier molecular flexibility index (Phi) is 2.70. The van der Waals surface area contributed by atoms with Crippen molar-refractivity contribution in [2.24, 2.45) is 5.73 Å². The molecular weight excluding hydrogens is 196 g/mol. The van der Waals surface area contributed by atoms with Crippen molar-refractivity contribution in [1.29, 1.82) is 0 Å². The molecule has 2 nitrogen and oxygen atoms in total. The quantitative estimate of drug-likeness (QED) is 0.792. The molecular formula is C14H20N2. The summed E-state index contributed by atoms with van der Waals surface area (Å²) in [5.41, 5.74) is 8.89. The van der Waals surface area contributed by atoms with Crippen LogP contribution < -0.4 is 11.1 Å². The van der Waals surface area contributed by atoms with Crippen LogP contribution in [0, 0.1) is 0 Å². The van der Waals surface area contributed by atoms with Crippen LogP contribution in [-0.2, 0) is 0 Å². The lowest BCUT2D eigenvalue weighted by Crippen LogP contribution is -2.30. The highest BCUT2D eigenvalue weighted by Gasteiger charge is 2.30. The fraction of sp³-hybridized carbons (Fsp3) is 0.571. The van der Waals surface area contributed by atoms with E-state index in [0.717, 1.165) is 12.0 Å². The Morgan fingerprint density at radius 3 is 2.56 bits per heavy atom. The van der Waals surface area contributed by atoms with Crippen molar-refractivity contribution in [3.63, 3.8) is 0 Å². The van der Waals surface area contributed by atoms with Gasteiger partial charge >= 0.3 is 0 Å². The molecule has 2 fully saturated rings. The molecule has 16 heavy (non-hydrogen) atoms. The fourth-order valence-electron chi connectivity index (χ4n) is 2.41. The SMILES string of the molecule is NCC(NC1CC1)c1ccccc1C1CC1. The molecule has 3 N–H and O–H groups in total. The summed E-state index contributed by atoms with van der Waals surface area (Å²) in [5, 5.41) is 3.65. The molecule has 2 aliphatic carbocycles. The largest absolute Gasteiger partial charge is 0.329 e. The zero-order chi connectivity index (χ0) is 11.0. The molecule has 1 aromatic rings. The average molecular weight is 216 g/mol. The first-order valence-corrected chi connectivity index (χ1v) is 6.43. The highest BCUT2D eigenvalue weighted by atomic mass is 15.0. The number of nitrogens with one attached hydrogen (secondary N) is 1. The minimum atomic E-state index is 0.365. The van der Waals surface area contributed by atoms with Gasteiger partial charge in [0.1, 0.15) is 0 Å². The molecule has 1 aromatic carbocycles. The van der Waals surface area contributed by atoms with Gasteiger partial charge in [-0.05, 0) is 42.7 Å². The molecule has 2 aliphatic rings. The van der Waals surface area contributed by atoms with Crippen molar-refractivity contribution >= 4 is 0 Å². The van der Waals surface area contributed by atoms with Crippen molar-refractivity contribution in [3.8, 4) is 0 Å². The summed E-state index contributed by atoms with van der Waals surface area (Å²) >= 11 is 0. The van der Waals surface area contributed by atoms with Gasteiger partial charge in [0.05, 0.1) is 0 Å². The van der Waals surface area contributed by atoms with E-state index in [4.69, 9.17) is 5.73 Å². The molecule has 1 unspecified atom stereocenters. The van der Waals surface area contributed by atoms with Gasteiger partial charge < -0.3 is 11.1 Å². The zero-order valence-electron chi connectivity index (χ0n) is 9.65. The standard InChI is InChI=1S/C14H20N2/c15-9-14(16-11-7-8-11)13-4-2-1-3-12(13)10-5-6-10/h1-4,10-11,14,16H,5-9,15H2. The van der Waals surface area contributed by atoms with Gasteiger partial charge in [0.15, 0.2) is 0 Å². The molecule has 0 aromatic heterocycles. The van der Waals surface area contributed by atoms with E-state index in [1.165, 1.54) is 36.8 Å². The van der Waals surface area contributed by atoms with Crippen molar-refractivity contribution in [1.82, 2.24) is 5.32 Å². The third kappa shape index (κ3) is 2.13. The highest BCUT2D eigenvalue weighted by Crippen LogP contribution is 2.43. The lowest BCUT2D eigenvalue weighted by molar-refractivity contribution is 0.535. The Balaban J connectivity index is 1.83. The van der Waals surface area contributed by atoms with Gasteiger partial charge in [0.2, 0.25) is 0 Å². The predicted molar refractivity (Wildman–Crippen MR) is 66.4 cm³/mol. The summed E-state index contributed by atoms with van der Waals surface area (Å²) < 4.78 is 0. The minimum Gasteiger partial charge on any atom is -0.329 e. The van der Waals surface area contributed by atoms with E-state index >= 15 is 0 Å². The van der Waals surface area contributed by atoms with Crippen molar-refractivity contribution in [2.75, 3.05) is 6.54 Å². The first kappa shape index (κ1) is 10.3. The summed E-state index contributed by atoms with van der Waals surface area (Å²) in [4.78, 5) is 0. The Morgan fingerprint density at radius 1 is 1.19 bits per heavy atom. The molecule has 86 valence electrons. The second kappa shape index (κ2) is 4.19. The number of nitrogens with two attached hydrogens (primary N) is 1. The van der Waals surface area contributed by atoms with Gasteiger partial charge in [0.25, 0.3) is 0 Å². The van der Waals surface area contributed by atoms with E-state index in [1.54, 1.807) is 0 Å². The minimum absolute atomic E-state index is 0.365. The van der Waals surface area contributed by atoms with Crippen LogP contribution >= 0.6 is 0 Å². The molecule has 0 heterocycles. The summed E-state index contributed by atoms with van der Waals surface area (Å²) in [6.07, 6.45) is 5.36. The third-order valence-corrected chi connectivity index (χ3v) is 3.64. The molecule has 0 amide bonds. The van der Waals surface area contributed by atoms with E-state index < -0.39 is 0 Å². The topological polar surface area (TPSA) is 38.0 Å². The maximum absolute atomic E-state index is 5.91. The highest BCUT2D eigenvalue weighted by molar-refractivity contribution is 5.36. The van der Waals surface area contributed by atoms with E-state index in [0.29, 0.717) is 12.6 Å². The summed E-state index contributed by atoms with van der Waals surface area (Å²) in [7, 11) is 0. The van der Waals surface area contributed by atoms with Crippen LogP contribution in [0.3, 0.4) is 0 Å². The number of hydrogen-bond acceptors (Lipinski definition) is 2. The first-order valence-electron chi connectivity index (χ1n) is 6.43. The Labute approximate surface area is 97.2 Å². The van der Waals surface area contributed by atoms with Gasteiger partial charge in [-0.25, -0.2) is 0 Å². The van der Waals surface area contributed by atoms with Crippen LogP contribution in [0.4, 0.5) is 0 Å². The number of hydrogen-bond donors (Lipinski definition) is 2. The van der Waals surface area contributed by atoms with Crippen molar-refractivity contribution in [2.45, 2.75) is 43.7 Å². The van der Waals surface area contributed by atoms with Gasteiger partial charge in [-0.1, -0.05) is 24.3 Å². The Bertz CT molecular complexity index is 367. The molecule has 1 atom stereocenters. The zero-order valence-corrected chi connectivity index (χ0v) is 9.65. The van der Waals surface area contributed by atoms with E-state index in [2.05, 4.69) is 29.6 Å². The Hall–Kier alpha value is -0.860. The maximum atomic E-state index is 5.91. The smallest absolute Gasteiger partial charge is 0.0449 e. The third-order valence-electron chi connectivity index (χ3n) is 3.64. The molecule has 0 spiro atoms. The molecule has 2 saturated carbocycles. The normalized spacial score (nSPS) is 22.1. The van der Waals surface area contributed by atoms with Gasteiger partial charge in [-0.2, -0.15) is 0 Å². The van der Waals surface area contributed by atoms with Crippen LogP contribution in [0.15, 0.2) is 24.3 Å². The predicted octanol–water partition coefficient (Wildman–Crippen LogP) is 2.32. The second-order valence-corrected chi connectivity index (χ2v) is 5.13. The van der Waals surface area contributed by atoms with Crippen LogP contribution in [-0.4, -0.2) is 12.6 Å².